The fourth-order valence-corrected chi connectivity index (χ4v) is 2.29. The van der Waals surface area contributed by atoms with Crippen molar-refractivity contribution in [3.63, 3.8) is 0 Å². The van der Waals surface area contributed by atoms with Gasteiger partial charge in [-0.2, -0.15) is 6.92 Å². The minimum Gasteiger partial charge on any atom is -0.378 e. The minimum atomic E-state index is -0.858. The molecule has 2 rings (SSSR count). The van der Waals surface area contributed by atoms with E-state index in [9.17, 15) is 9.18 Å². The zero-order valence-corrected chi connectivity index (χ0v) is 15.4. The van der Waals surface area contributed by atoms with E-state index < -0.39 is 5.79 Å². The van der Waals surface area contributed by atoms with E-state index in [-0.39, 0.29) is 44.3 Å². The molecule has 1 aromatic rings. The Morgan fingerprint density at radius 1 is 1.29 bits per heavy atom. The number of benzene rings is 1. The van der Waals surface area contributed by atoms with Crippen LogP contribution in [0.2, 0.25) is 0 Å². The van der Waals surface area contributed by atoms with Gasteiger partial charge >= 0.3 is 0 Å². The zero-order valence-electron chi connectivity index (χ0n) is 12.5. The third kappa shape index (κ3) is 5.20. The van der Waals surface area contributed by atoms with Crippen molar-refractivity contribution in [3.05, 3.63) is 41.6 Å². The molecule has 21 heavy (non-hydrogen) atoms. The van der Waals surface area contributed by atoms with E-state index >= 15 is 0 Å². The SMILES string of the molecule is CC(=O)CCCC1(c2ccc(F)cc2)OC[C-](C)CO1.[Y]. The number of ketones is 1. The molecule has 1 heterocycles. The minimum absolute atomic E-state index is 0. The first kappa shape index (κ1) is 18.9. The van der Waals surface area contributed by atoms with Gasteiger partial charge in [0, 0.05) is 51.1 Å². The van der Waals surface area contributed by atoms with Crippen LogP contribution in [0.25, 0.3) is 0 Å². The van der Waals surface area contributed by atoms with Crippen LogP contribution < -0.4 is 0 Å². The number of carbonyl (C=O) groups excluding carboxylic acids is 1. The van der Waals surface area contributed by atoms with Crippen molar-refractivity contribution >= 4 is 5.78 Å². The molecule has 0 unspecified atom stereocenters. The Labute approximate surface area is 150 Å². The third-order valence-electron chi connectivity index (χ3n) is 3.42. The van der Waals surface area contributed by atoms with Crippen LogP contribution >= 0.6 is 0 Å². The zero-order chi connectivity index (χ0) is 14.6. The van der Waals surface area contributed by atoms with Crippen LogP contribution in [0.3, 0.4) is 0 Å². The fourth-order valence-electron chi connectivity index (χ4n) is 2.29. The maximum absolute atomic E-state index is 13.1. The summed E-state index contributed by atoms with van der Waals surface area (Å²) in [4.78, 5) is 11.1. The Bertz CT molecular complexity index is 453. The molecule has 0 aliphatic carbocycles. The van der Waals surface area contributed by atoms with Gasteiger partial charge in [0.2, 0.25) is 0 Å². The summed E-state index contributed by atoms with van der Waals surface area (Å²) in [7, 11) is 0. The van der Waals surface area contributed by atoms with E-state index in [1.165, 1.54) is 12.1 Å². The standard InChI is InChI=1S/C16H20FO3.Y/c1-12-10-19-16(20-11-12,9-3-4-13(2)18)14-5-7-15(17)8-6-14;/h5-8H,3-4,9-11H2,1-2H3;/q-1;. The molecule has 1 fully saturated rings. The van der Waals surface area contributed by atoms with E-state index in [4.69, 9.17) is 9.47 Å². The molecule has 0 amide bonds. The molecule has 0 spiro atoms. The first-order valence-corrected chi connectivity index (χ1v) is 6.86. The van der Waals surface area contributed by atoms with Crippen molar-refractivity contribution in [2.45, 2.75) is 38.9 Å². The predicted octanol–water partition coefficient (Wildman–Crippen LogP) is 3.38. The van der Waals surface area contributed by atoms with Gasteiger partial charge in [0.1, 0.15) is 11.6 Å². The van der Waals surface area contributed by atoms with Crippen LogP contribution in [0.1, 0.15) is 38.7 Å². The van der Waals surface area contributed by atoms with Crippen LogP contribution in [-0.2, 0) is 52.8 Å². The first-order chi connectivity index (χ1) is 9.52. The Balaban J connectivity index is 0.00000220. The van der Waals surface area contributed by atoms with E-state index in [1.54, 1.807) is 19.1 Å². The maximum atomic E-state index is 13.1. The summed E-state index contributed by atoms with van der Waals surface area (Å²) in [6.45, 7) is 4.60. The second-order valence-corrected chi connectivity index (χ2v) is 5.35. The quantitative estimate of drug-likeness (QED) is 0.748. The normalized spacial score (nSPS) is 18.0. The van der Waals surface area contributed by atoms with E-state index in [1.807, 2.05) is 6.92 Å². The van der Waals surface area contributed by atoms with Crippen molar-refractivity contribution in [2.75, 3.05) is 13.2 Å². The Hall–Kier alpha value is -0.156. The molecule has 1 aliphatic rings. The number of carbonyl (C=O) groups is 1. The number of halogens is 1. The number of hydrogen-bond acceptors (Lipinski definition) is 3. The Kier molecular flexibility index (Phi) is 7.62. The smallest absolute Gasteiger partial charge is 0.189 e. The number of Topliss-reactive ketones (excluding diaryl/α,β-unsaturated/α-hetero) is 1. The molecule has 0 saturated carbocycles. The molecule has 1 aromatic carbocycles. The van der Waals surface area contributed by atoms with Gasteiger partial charge in [0.15, 0.2) is 5.79 Å². The van der Waals surface area contributed by atoms with Crippen LogP contribution in [0.5, 0.6) is 0 Å². The summed E-state index contributed by atoms with van der Waals surface area (Å²) in [5.74, 6) is 0.126. The summed E-state index contributed by atoms with van der Waals surface area (Å²) in [5, 5.41) is 0. The van der Waals surface area contributed by atoms with Gasteiger partial charge in [-0.25, -0.2) is 4.39 Å². The molecule has 0 aromatic heterocycles. The summed E-state index contributed by atoms with van der Waals surface area (Å²) in [6.07, 6.45) is 1.77. The molecule has 0 atom stereocenters. The number of ether oxygens (including phenoxy) is 2. The first-order valence-electron chi connectivity index (χ1n) is 6.86. The van der Waals surface area contributed by atoms with E-state index in [0.717, 1.165) is 11.5 Å². The molecule has 1 saturated heterocycles. The van der Waals surface area contributed by atoms with Crippen molar-refractivity contribution in [3.8, 4) is 0 Å². The fraction of sp³-hybridized carbons (Fsp3) is 0.500. The summed E-state index contributed by atoms with van der Waals surface area (Å²) in [5.41, 5.74) is 0.801. The second kappa shape index (κ2) is 8.47. The molecule has 1 radical (unpaired) electrons. The maximum Gasteiger partial charge on any atom is 0.189 e. The predicted molar refractivity (Wildman–Crippen MR) is 73.4 cm³/mol. The van der Waals surface area contributed by atoms with Gasteiger partial charge < -0.3 is 14.3 Å². The largest absolute Gasteiger partial charge is 0.378 e. The summed E-state index contributed by atoms with van der Waals surface area (Å²) < 4.78 is 24.9. The van der Waals surface area contributed by atoms with Crippen molar-refractivity contribution < 1.29 is 51.4 Å². The van der Waals surface area contributed by atoms with Crippen molar-refractivity contribution in [1.29, 1.82) is 0 Å². The van der Waals surface area contributed by atoms with Crippen molar-refractivity contribution in [1.82, 2.24) is 0 Å². The van der Waals surface area contributed by atoms with Gasteiger partial charge in [-0.05, 0) is 25.5 Å². The Morgan fingerprint density at radius 3 is 2.38 bits per heavy atom. The van der Waals surface area contributed by atoms with E-state index in [2.05, 4.69) is 0 Å². The number of hydrogen-bond donors (Lipinski definition) is 0. The third-order valence-corrected chi connectivity index (χ3v) is 3.42. The topological polar surface area (TPSA) is 35.5 Å². The van der Waals surface area contributed by atoms with E-state index in [0.29, 0.717) is 32.5 Å². The number of rotatable bonds is 5. The molecular formula is C16H20FO3Y-. The Morgan fingerprint density at radius 2 is 1.86 bits per heavy atom. The average Bonchev–Trinajstić information content (AvgIpc) is 2.42. The molecule has 0 N–H and O–H groups in total. The average molecular weight is 368 g/mol. The van der Waals surface area contributed by atoms with Crippen LogP contribution in [0.15, 0.2) is 24.3 Å². The van der Waals surface area contributed by atoms with Gasteiger partial charge in [-0.15, -0.1) is 0 Å². The molecule has 3 nitrogen and oxygen atoms in total. The molecule has 0 bridgehead atoms. The molecule has 5 heteroatoms. The van der Waals surface area contributed by atoms with Gasteiger partial charge in [0.05, 0.1) is 0 Å². The molecule has 113 valence electrons. The van der Waals surface area contributed by atoms with Crippen LogP contribution in [-0.4, -0.2) is 19.0 Å². The van der Waals surface area contributed by atoms with Crippen LogP contribution in [0, 0.1) is 11.7 Å². The molecular weight excluding hydrogens is 348 g/mol. The van der Waals surface area contributed by atoms with Crippen molar-refractivity contribution in [2.24, 2.45) is 0 Å². The molecule has 1 aliphatic heterocycles. The van der Waals surface area contributed by atoms with Gasteiger partial charge in [0.25, 0.3) is 0 Å². The summed E-state index contributed by atoms with van der Waals surface area (Å²) in [6, 6.07) is 6.17. The van der Waals surface area contributed by atoms with Gasteiger partial charge in [-0.1, -0.05) is 25.3 Å². The monoisotopic (exact) mass is 368 g/mol. The van der Waals surface area contributed by atoms with Gasteiger partial charge in [-0.3, -0.25) is 5.92 Å². The second-order valence-electron chi connectivity index (χ2n) is 5.35. The summed E-state index contributed by atoms with van der Waals surface area (Å²) >= 11 is 0. The van der Waals surface area contributed by atoms with Crippen LogP contribution in [0.4, 0.5) is 4.39 Å².